The number of hydrogen-bond donors (Lipinski definition) is 1. The van der Waals surface area contributed by atoms with Crippen LogP contribution in [-0.2, 0) is 0 Å². The minimum absolute atomic E-state index is 0.100. The van der Waals surface area contributed by atoms with Crippen LogP contribution >= 0.6 is 11.6 Å². The molecule has 0 radical (unpaired) electrons. The average Bonchev–Trinajstić information content (AvgIpc) is 2.36. The van der Waals surface area contributed by atoms with Crippen LogP contribution in [0, 0.1) is 18.6 Å². The molecule has 0 heterocycles. The molecule has 0 aliphatic rings. The molecule has 5 heteroatoms. The summed E-state index contributed by atoms with van der Waals surface area (Å²) >= 11 is 5.88. The van der Waals surface area contributed by atoms with Gasteiger partial charge in [-0.2, -0.15) is 0 Å². The third-order valence-electron chi connectivity index (χ3n) is 2.85. The van der Waals surface area contributed by atoms with Crippen molar-refractivity contribution in [2.75, 3.05) is 0 Å². The number of aliphatic hydroxyl groups excluding tert-OH is 1. The first-order chi connectivity index (χ1) is 9.38. The topological polar surface area (TPSA) is 29.5 Å². The predicted molar refractivity (Wildman–Crippen MR) is 73.3 cm³/mol. The largest absolute Gasteiger partial charge is 0.455 e. The van der Waals surface area contributed by atoms with Crippen LogP contribution in [0.2, 0.25) is 5.02 Å². The highest BCUT2D eigenvalue weighted by molar-refractivity contribution is 6.32. The van der Waals surface area contributed by atoms with Gasteiger partial charge in [-0.05, 0) is 49.7 Å². The fourth-order valence-electron chi connectivity index (χ4n) is 1.76. The second-order valence-corrected chi connectivity index (χ2v) is 4.90. The van der Waals surface area contributed by atoms with Crippen molar-refractivity contribution in [1.82, 2.24) is 0 Å². The Balaban J connectivity index is 2.44. The van der Waals surface area contributed by atoms with Gasteiger partial charge in [-0.3, -0.25) is 0 Å². The van der Waals surface area contributed by atoms with E-state index in [-0.39, 0.29) is 16.5 Å². The van der Waals surface area contributed by atoms with Crippen molar-refractivity contribution < 1.29 is 18.6 Å². The molecule has 0 saturated carbocycles. The number of benzene rings is 2. The molecule has 0 bridgehead atoms. The lowest BCUT2D eigenvalue weighted by Crippen LogP contribution is -1.99. The van der Waals surface area contributed by atoms with E-state index in [1.54, 1.807) is 6.92 Å². The molecule has 0 amide bonds. The van der Waals surface area contributed by atoms with Crippen LogP contribution in [0.4, 0.5) is 8.78 Å². The highest BCUT2D eigenvalue weighted by atomic mass is 35.5. The van der Waals surface area contributed by atoms with Gasteiger partial charge in [0.2, 0.25) is 0 Å². The summed E-state index contributed by atoms with van der Waals surface area (Å²) < 4.78 is 32.1. The van der Waals surface area contributed by atoms with Crippen molar-refractivity contribution in [3.8, 4) is 11.5 Å². The first kappa shape index (κ1) is 14.8. The number of hydrogen-bond acceptors (Lipinski definition) is 2. The van der Waals surface area contributed by atoms with Gasteiger partial charge in [0, 0.05) is 5.56 Å². The molecule has 20 heavy (non-hydrogen) atoms. The van der Waals surface area contributed by atoms with E-state index in [2.05, 4.69) is 0 Å². The Morgan fingerprint density at radius 3 is 2.45 bits per heavy atom. The molecule has 2 aromatic rings. The Morgan fingerprint density at radius 2 is 1.85 bits per heavy atom. The fourth-order valence-corrected chi connectivity index (χ4v) is 1.97. The number of rotatable bonds is 3. The van der Waals surface area contributed by atoms with Crippen molar-refractivity contribution in [1.29, 1.82) is 0 Å². The maximum absolute atomic E-state index is 13.5. The van der Waals surface area contributed by atoms with E-state index in [1.807, 2.05) is 0 Å². The van der Waals surface area contributed by atoms with E-state index >= 15 is 0 Å². The quantitative estimate of drug-likeness (QED) is 0.884. The SMILES string of the molecule is Cc1cc(Oc2ccc(F)cc2Cl)c([C@H](C)O)cc1F. The molecule has 0 aromatic heterocycles. The summed E-state index contributed by atoms with van der Waals surface area (Å²) in [6.45, 7) is 3.09. The second kappa shape index (κ2) is 5.77. The second-order valence-electron chi connectivity index (χ2n) is 4.49. The first-order valence-electron chi connectivity index (χ1n) is 5.99. The highest BCUT2D eigenvalue weighted by Crippen LogP contribution is 2.35. The van der Waals surface area contributed by atoms with Crippen LogP contribution in [0.1, 0.15) is 24.2 Å². The lowest BCUT2D eigenvalue weighted by atomic mass is 10.1. The van der Waals surface area contributed by atoms with Gasteiger partial charge in [0.25, 0.3) is 0 Å². The lowest BCUT2D eigenvalue weighted by molar-refractivity contribution is 0.195. The van der Waals surface area contributed by atoms with Crippen molar-refractivity contribution in [3.05, 3.63) is 58.1 Å². The molecule has 2 nitrogen and oxygen atoms in total. The molecule has 2 aromatic carbocycles. The summed E-state index contributed by atoms with van der Waals surface area (Å²) in [5, 5.41) is 9.77. The Kier molecular flexibility index (Phi) is 4.26. The summed E-state index contributed by atoms with van der Waals surface area (Å²) in [5.41, 5.74) is 0.677. The Hall–Kier alpha value is -1.65. The number of ether oxygens (including phenoxy) is 1. The molecule has 0 unspecified atom stereocenters. The Morgan fingerprint density at radius 1 is 1.15 bits per heavy atom. The standard InChI is InChI=1S/C15H13ClF2O2/c1-8-5-15(11(9(2)19)7-13(8)18)20-14-4-3-10(17)6-12(14)16/h3-7,9,19H,1-2H3/t9-/m0/s1. The van der Waals surface area contributed by atoms with Crippen molar-refractivity contribution in [3.63, 3.8) is 0 Å². The fraction of sp³-hybridized carbons (Fsp3) is 0.200. The van der Waals surface area contributed by atoms with E-state index < -0.39 is 17.7 Å². The molecule has 0 spiro atoms. The summed E-state index contributed by atoms with van der Waals surface area (Å²) in [7, 11) is 0. The van der Waals surface area contributed by atoms with Crippen molar-refractivity contribution in [2.24, 2.45) is 0 Å². The zero-order valence-electron chi connectivity index (χ0n) is 11.0. The van der Waals surface area contributed by atoms with Crippen LogP contribution in [0.3, 0.4) is 0 Å². The van der Waals surface area contributed by atoms with E-state index in [0.29, 0.717) is 11.1 Å². The molecule has 106 valence electrons. The van der Waals surface area contributed by atoms with Crippen molar-refractivity contribution >= 4 is 11.6 Å². The summed E-state index contributed by atoms with van der Waals surface area (Å²) in [5.74, 6) is -0.389. The van der Waals surface area contributed by atoms with Crippen LogP contribution < -0.4 is 4.74 Å². The van der Waals surface area contributed by atoms with Gasteiger partial charge in [0.15, 0.2) is 0 Å². The van der Waals surface area contributed by atoms with Crippen molar-refractivity contribution in [2.45, 2.75) is 20.0 Å². The predicted octanol–water partition coefficient (Wildman–Crippen LogP) is 4.77. The zero-order valence-corrected chi connectivity index (χ0v) is 11.7. The zero-order chi connectivity index (χ0) is 14.9. The van der Waals surface area contributed by atoms with Gasteiger partial charge in [0.1, 0.15) is 23.1 Å². The molecule has 0 aliphatic heterocycles. The highest BCUT2D eigenvalue weighted by Gasteiger charge is 2.15. The van der Waals surface area contributed by atoms with E-state index in [0.717, 1.165) is 6.07 Å². The number of halogens is 3. The van der Waals surface area contributed by atoms with Gasteiger partial charge in [-0.25, -0.2) is 8.78 Å². The third kappa shape index (κ3) is 3.08. The van der Waals surface area contributed by atoms with Gasteiger partial charge >= 0.3 is 0 Å². The average molecular weight is 299 g/mol. The molecule has 1 atom stereocenters. The van der Waals surface area contributed by atoms with E-state index in [1.165, 1.54) is 31.2 Å². The minimum atomic E-state index is -0.903. The van der Waals surface area contributed by atoms with Crippen LogP contribution in [0.5, 0.6) is 11.5 Å². The minimum Gasteiger partial charge on any atom is -0.455 e. The normalized spacial score (nSPS) is 12.3. The van der Waals surface area contributed by atoms with Gasteiger partial charge in [-0.1, -0.05) is 11.6 Å². The molecular weight excluding hydrogens is 286 g/mol. The summed E-state index contributed by atoms with van der Waals surface area (Å²) in [6, 6.07) is 6.39. The Labute approximate surface area is 120 Å². The summed E-state index contributed by atoms with van der Waals surface area (Å²) in [6.07, 6.45) is -0.903. The third-order valence-corrected chi connectivity index (χ3v) is 3.15. The molecule has 0 aliphatic carbocycles. The van der Waals surface area contributed by atoms with Crippen LogP contribution in [-0.4, -0.2) is 5.11 Å². The smallest absolute Gasteiger partial charge is 0.146 e. The maximum atomic E-state index is 13.5. The molecule has 0 saturated heterocycles. The van der Waals surface area contributed by atoms with Crippen LogP contribution in [0.15, 0.2) is 30.3 Å². The Bertz CT molecular complexity index is 642. The monoisotopic (exact) mass is 298 g/mol. The lowest BCUT2D eigenvalue weighted by Gasteiger charge is -2.15. The van der Waals surface area contributed by atoms with Gasteiger partial charge in [-0.15, -0.1) is 0 Å². The molecular formula is C15H13ClF2O2. The first-order valence-corrected chi connectivity index (χ1v) is 6.37. The molecule has 2 rings (SSSR count). The summed E-state index contributed by atoms with van der Waals surface area (Å²) in [4.78, 5) is 0. The van der Waals surface area contributed by atoms with E-state index in [4.69, 9.17) is 16.3 Å². The van der Waals surface area contributed by atoms with Crippen LogP contribution in [0.25, 0.3) is 0 Å². The number of aryl methyl sites for hydroxylation is 1. The van der Waals surface area contributed by atoms with Gasteiger partial charge in [0.05, 0.1) is 11.1 Å². The number of aliphatic hydroxyl groups is 1. The van der Waals surface area contributed by atoms with Gasteiger partial charge < -0.3 is 9.84 Å². The maximum Gasteiger partial charge on any atom is 0.146 e. The molecule has 0 fully saturated rings. The van der Waals surface area contributed by atoms with E-state index in [9.17, 15) is 13.9 Å². The molecule has 1 N–H and O–H groups in total.